The van der Waals surface area contributed by atoms with E-state index in [1.807, 2.05) is 0 Å². The summed E-state index contributed by atoms with van der Waals surface area (Å²) in [5.41, 5.74) is 2.80. The van der Waals surface area contributed by atoms with E-state index in [0.717, 1.165) is 0 Å². The lowest BCUT2D eigenvalue weighted by Gasteiger charge is -2.32. The summed E-state index contributed by atoms with van der Waals surface area (Å²) in [6.07, 6.45) is 0.258. The van der Waals surface area contributed by atoms with Crippen LogP contribution in [0.5, 0.6) is 0 Å². The first-order valence-electron chi connectivity index (χ1n) is 8.23. The van der Waals surface area contributed by atoms with Crippen molar-refractivity contribution >= 4 is 23.9 Å². The van der Waals surface area contributed by atoms with Crippen LogP contribution in [0, 0.1) is 23.7 Å². The van der Waals surface area contributed by atoms with E-state index < -0.39 is 47.5 Å². The topological polar surface area (TPSA) is 149 Å². The van der Waals surface area contributed by atoms with E-state index in [2.05, 4.69) is 0 Å². The summed E-state index contributed by atoms with van der Waals surface area (Å²) < 4.78 is 0. The van der Waals surface area contributed by atoms with E-state index in [0.29, 0.717) is 22.3 Å². The molecule has 0 saturated carbocycles. The number of hydrogen-bond acceptors (Lipinski definition) is 4. The molecule has 4 unspecified atom stereocenters. The molecule has 0 bridgehead atoms. The van der Waals surface area contributed by atoms with E-state index in [-0.39, 0.29) is 25.7 Å². The van der Waals surface area contributed by atoms with Crippen molar-refractivity contribution in [3.05, 3.63) is 34.4 Å². The maximum Gasteiger partial charge on any atom is 0.307 e. The monoisotopic (exact) mass is 362 g/mol. The number of benzene rings is 1. The maximum absolute atomic E-state index is 11.4. The van der Waals surface area contributed by atoms with Gasteiger partial charge in [-0.3, -0.25) is 19.2 Å². The normalized spacial score (nSPS) is 27.1. The molecule has 4 atom stereocenters. The molecule has 0 aliphatic heterocycles. The molecule has 0 heterocycles. The third-order valence-electron chi connectivity index (χ3n) is 5.52. The number of rotatable bonds is 4. The maximum atomic E-state index is 11.4. The van der Waals surface area contributed by atoms with Gasteiger partial charge in [-0.2, -0.15) is 0 Å². The Hall–Kier alpha value is -2.90. The van der Waals surface area contributed by atoms with Gasteiger partial charge in [0.25, 0.3) is 0 Å². The van der Waals surface area contributed by atoms with Gasteiger partial charge in [-0.05, 0) is 47.9 Å². The molecule has 0 aromatic heterocycles. The molecule has 3 rings (SSSR count). The molecule has 8 nitrogen and oxygen atoms in total. The molecule has 8 heteroatoms. The zero-order chi connectivity index (χ0) is 19.2. The summed E-state index contributed by atoms with van der Waals surface area (Å²) in [6, 6.07) is 3.46. The Balaban J connectivity index is 2.00. The molecular formula is C18H18O8. The molecule has 0 spiro atoms. The number of carboxylic acids is 4. The van der Waals surface area contributed by atoms with Crippen LogP contribution in [0.25, 0.3) is 0 Å². The molecule has 0 fully saturated rings. The van der Waals surface area contributed by atoms with Crippen molar-refractivity contribution in [3.63, 3.8) is 0 Å². The van der Waals surface area contributed by atoms with Crippen molar-refractivity contribution in [1.82, 2.24) is 0 Å². The number of fused-ring (bicyclic) bond motifs is 2. The van der Waals surface area contributed by atoms with Crippen molar-refractivity contribution in [2.24, 2.45) is 23.7 Å². The molecule has 0 amide bonds. The van der Waals surface area contributed by atoms with Crippen molar-refractivity contribution < 1.29 is 39.6 Å². The zero-order valence-electron chi connectivity index (χ0n) is 13.7. The highest BCUT2D eigenvalue weighted by atomic mass is 16.4. The fraction of sp³-hybridized carbons (Fsp3) is 0.444. The number of carbonyl (C=O) groups is 4. The minimum Gasteiger partial charge on any atom is -0.481 e. The van der Waals surface area contributed by atoms with Gasteiger partial charge in [0.1, 0.15) is 0 Å². The van der Waals surface area contributed by atoms with Crippen LogP contribution in [0.4, 0.5) is 0 Å². The summed E-state index contributed by atoms with van der Waals surface area (Å²) in [7, 11) is 0. The summed E-state index contributed by atoms with van der Waals surface area (Å²) in [5, 5.41) is 37.3. The van der Waals surface area contributed by atoms with Gasteiger partial charge in [-0.15, -0.1) is 0 Å². The summed E-state index contributed by atoms with van der Waals surface area (Å²) in [4.78, 5) is 45.7. The fourth-order valence-electron chi connectivity index (χ4n) is 4.11. The van der Waals surface area contributed by atoms with Crippen LogP contribution in [0.2, 0.25) is 0 Å². The molecule has 4 N–H and O–H groups in total. The van der Waals surface area contributed by atoms with Crippen molar-refractivity contribution in [3.8, 4) is 0 Å². The summed E-state index contributed by atoms with van der Waals surface area (Å²) in [6.45, 7) is 0. The first kappa shape index (κ1) is 17.9. The van der Waals surface area contributed by atoms with E-state index >= 15 is 0 Å². The second kappa shape index (κ2) is 6.44. The molecule has 0 saturated heterocycles. The van der Waals surface area contributed by atoms with Crippen LogP contribution < -0.4 is 0 Å². The van der Waals surface area contributed by atoms with E-state index in [9.17, 15) is 39.6 Å². The molecule has 1 aromatic rings. The Morgan fingerprint density at radius 3 is 0.885 bits per heavy atom. The van der Waals surface area contributed by atoms with Crippen LogP contribution in [0.15, 0.2) is 12.1 Å². The third-order valence-corrected chi connectivity index (χ3v) is 5.52. The highest BCUT2D eigenvalue weighted by molar-refractivity contribution is 5.82. The largest absolute Gasteiger partial charge is 0.481 e. The third kappa shape index (κ3) is 3.02. The van der Waals surface area contributed by atoms with Gasteiger partial charge < -0.3 is 20.4 Å². The Bertz CT molecular complexity index is 681. The average molecular weight is 362 g/mol. The SMILES string of the molecule is O=C(O)C1Cc2cc3c(cc2CC1C(=O)O)CC(C(=O)O)C(C(=O)O)C3. The molecule has 1 aromatic carbocycles. The van der Waals surface area contributed by atoms with Crippen LogP contribution in [0.1, 0.15) is 22.3 Å². The van der Waals surface area contributed by atoms with Gasteiger partial charge in [0.2, 0.25) is 0 Å². The molecule has 2 aliphatic carbocycles. The molecule has 2 aliphatic rings. The van der Waals surface area contributed by atoms with Gasteiger partial charge in [0.05, 0.1) is 23.7 Å². The molecule has 0 radical (unpaired) electrons. The number of hydrogen-bond donors (Lipinski definition) is 4. The summed E-state index contributed by atoms with van der Waals surface area (Å²) >= 11 is 0. The van der Waals surface area contributed by atoms with Crippen molar-refractivity contribution in [1.29, 1.82) is 0 Å². The zero-order valence-corrected chi connectivity index (χ0v) is 13.7. The lowest BCUT2D eigenvalue weighted by atomic mass is 9.70. The number of carboxylic acid groups (broad SMARTS) is 4. The Morgan fingerprint density at radius 2 is 0.731 bits per heavy atom. The predicted molar refractivity (Wildman–Crippen MR) is 85.8 cm³/mol. The van der Waals surface area contributed by atoms with Crippen LogP contribution in [-0.4, -0.2) is 44.3 Å². The first-order valence-corrected chi connectivity index (χ1v) is 8.23. The van der Waals surface area contributed by atoms with E-state index in [1.165, 1.54) is 0 Å². The lowest BCUT2D eigenvalue weighted by molar-refractivity contribution is -0.154. The van der Waals surface area contributed by atoms with E-state index in [1.54, 1.807) is 12.1 Å². The van der Waals surface area contributed by atoms with Crippen molar-refractivity contribution in [2.45, 2.75) is 25.7 Å². The first-order chi connectivity index (χ1) is 12.2. The highest BCUT2D eigenvalue weighted by Crippen LogP contribution is 2.37. The minimum absolute atomic E-state index is 0.0645. The van der Waals surface area contributed by atoms with Gasteiger partial charge in [-0.25, -0.2) is 0 Å². The lowest BCUT2D eigenvalue weighted by Crippen LogP contribution is -2.38. The number of aliphatic carboxylic acids is 4. The van der Waals surface area contributed by atoms with Gasteiger partial charge >= 0.3 is 23.9 Å². The smallest absolute Gasteiger partial charge is 0.307 e. The summed E-state index contributed by atoms with van der Waals surface area (Å²) in [5.74, 6) is -8.84. The van der Waals surface area contributed by atoms with Gasteiger partial charge in [0, 0.05) is 0 Å². The Labute approximate surface area is 148 Å². The minimum atomic E-state index is -1.17. The van der Waals surface area contributed by atoms with E-state index in [4.69, 9.17) is 0 Å². The molecular weight excluding hydrogens is 344 g/mol. The quantitative estimate of drug-likeness (QED) is 0.611. The molecule has 26 heavy (non-hydrogen) atoms. The predicted octanol–water partition coefficient (Wildman–Crippen LogP) is 0.687. The second-order valence-electron chi connectivity index (χ2n) is 6.99. The van der Waals surface area contributed by atoms with Gasteiger partial charge in [-0.1, -0.05) is 12.1 Å². The van der Waals surface area contributed by atoms with Crippen LogP contribution in [-0.2, 0) is 44.9 Å². The van der Waals surface area contributed by atoms with Crippen LogP contribution >= 0.6 is 0 Å². The second-order valence-corrected chi connectivity index (χ2v) is 6.99. The Kier molecular flexibility index (Phi) is 4.43. The standard InChI is InChI=1S/C18H18O8/c19-15(20)11-3-7-1-8-4-12(16(21)22)14(18(25)26)6-10(8)2-9(7)5-13(11)17(23)24/h1-2,11-14H,3-6H2,(H,19,20)(H,21,22)(H,23,24)(H,25,26). The highest BCUT2D eigenvalue weighted by Gasteiger charge is 2.41. The fourth-order valence-corrected chi connectivity index (χ4v) is 4.11. The van der Waals surface area contributed by atoms with Crippen molar-refractivity contribution in [2.75, 3.05) is 0 Å². The van der Waals surface area contributed by atoms with Crippen LogP contribution in [0.3, 0.4) is 0 Å². The average Bonchev–Trinajstić information content (AvgIpc) is 2.57. The van der Waals surface area contributed by atoms with Gasteiger partial charge in [0.15, 0.2) is 0 Å². The molecule has 138 valence electrons. The Morgan fingerprint density at radius 1 is 0.538 bits per heavy atom.